The second kappa shape index (κ2) is 7.13. The van der Waals surface area contributed by atoms with Gasteiger partial charge in [0.15, 0.2) is 0 Å². The summed E-state index contributed by atoms with van der Waals surface area (Å²) in [6, 6.07) is 7.68. The van der Waals surface area contributed by atoms with Crippen molar-refractivity contribution in [1.29, 1.82) is 0 Å². The summed E-state index contributed by atoms with van der Waals surface area (Å²) in [6.45, 7) is 7.93. The standard InChI is InChI=1S/C16H22N4O3/c1-11(9-17-15(21)23-16(2,3)4)19-13-7-5-12(6-8-13)14-20-18-10-22-14/h5-8,10-11,19H,9H2,1-4H3,(H,17,21). The van der Waals surface area contributed by atoms with Crippen LogP contribution in [0.1, 0.15) is 27.7 Å². The van der Waals surface area contributed by atoms with Crippen molar-refractivity contribution in [3.05, 3.63) is 30.7 Å². The van der Waals surface area contributed by atoms with Crippen molar-refractivity contribution >= 4 is 11.8 Å². The molecule has 2 rings (SSSR count). The molecule has 0 aliphatic rings. The number of amides is 1. The molecule has 0 spiro atoms. The van der Waals surface area contributed by atoms with Gasteiger partial charge < -0.3 is 19.8 Å². The van der Waals surface area contributed by atoms with Crippen molar-refractivity contribution in [3.8, 4) is 11.5 Å². The Balaban J connectivity index is 1.81. The predicted octanol–water partition coefficient (Wildman–Crippen LogP) is 3.06. The van der Waals surface area contributed by atoms with Crippen LogP contribution in [0.15, 0.2) is 35.1 Å². The molecule has 124 valence electrons. The van der Waals surface area contributed by atoms with Gasteiger partial charge in [-0.15, -0.1) is 10.2 Å². The van der Waals surface area contributed by atoms with Crippen LogP contribution in [0.2, 0.25) is 0 Å². The molecule has 1 atom stereocenters. The molecular weight excluding hydrogens is 296 g/mol. The lowest BCUT2D eigenvalue weighted by atomic mass is 10.2. The second-order valence-electron chi connectivity index (χ2n) is 6.25. The SMILES string of the molecule is CC(CNC(=O)OC(C)(C)C)Nc1ccc(-c2nnco2)cc1. The number of benzene rings is 1. The third kappa shape index (κ3) is 5.61. The van der Waals surface area contributed by atoms with Crippen molar-refractivity contribution in [1.82, 2.24) is 15.5 Å². The van der Waals surface area contributed by atoms with E-state index < -0.39 is 11.7 Å². The topological polar surface area (TPSA) is 89.3 Å². The number of ether oxygens (including phenoxy) is 1. The molecule has 2 N–H and O–H groups in total. The zero-order valence-corrected chi connectivity index (χ0v) is 13.8. The average molecular weight is 318 g/mol. The molecule has 7 heteroatoms. The fraction of sp³-hybridized carbons (Fsp3) is 0.438. The van der Waals surface area contributed by atoms with Crippen LogP contribution >= 0.6 is 0 Å². The van der Waals surface area contributed by atoms with Crippen molar-refractivity contribution in [2.24, 2.45) is 0 Å². The lowest BCUT2D eigenvalue weighted by molar-refractivity contribution is 0.0526. The first-order valence-corrected chi connectivity index (χ1v) is 7.43. The summed E-state index contributed by atoms with van der Waals surface area (Å²) in [7, 11) is 0. The van der Waals surface area contributed by atoms with Gasteiger partial charge in [0.2, 0.25) is 12.3 Å². The second-order valence-corrected chi connectivity index (χ2v) is 6.25. The fourth-order valence-corrected chi connectivity index (χ4v) is 1.89. The maximum absolute atomic E-state index is 11.6. The summed E-state index contributed by atoms with van der Waals surface area (Å²) in [5.41, 5.74) is 1.30. The number of nitrogens with zero attached hydrogens (tertiary/aromatic N) is 2. The minimum atomic E-state index is -0.495. The highest BCUT2D eigenvalue weighted by Crippen LogP contribution is 2.19. The van der Waals surface area contributed by atoms with Gasteiger partial charge in [-0.3, -0.25) is 0 Å². The fourth-order valence-electron chi connectivity index (χ4n) is 1.89. The van der Waals surface area contributed by atoms with Crippen molar-refractivity contribution in [2.75, 3.05) is 11.9 Å². The van der Waals surface area contributed by atoms with Gasteiger partial charge in [0, 0.05) is 23.8 Å². The monoisotopic (exact) mass is 318 g/mol. The highest BCUT2D eigenvalue weighted by atomic mass is 16.6. The molecule has 1 aromatic heterocycles. The Labute approximate surface area is 135 Å². The van der Waals surface area contributed by atoms with Gasteiger partial charge in [0.05, 0.1) is 0 Å². The Bertz CT molecular complexity index is 618. The Morgan fingerprint density at radius 3 is 2.57 bits per heavy atom. The Morgan fingerprint density at radius 1 is 1.30 bits per heavy atom. The van der Waals surface area contributed by atoms with E-state index in [-0.39, 0.29) is 6.04 Å². The maximum Gasteiger partial charge on any atom is 0.407 e. The number of nitrogens with one attached hydrogen (secondary N) is 2. The molecule has 0 aliphatic heterocycles. The van der Waals surface area contributed by atoms with Gasteiger partial charge in [0.1, 0.15) is 5.60 Å². The number of hydrogen-bond acceptors (Lipinski definition) is 6. The number of carbonyl (C=O) groups excluding carboxylic acids is 1. The molecule has 0 radical (unpaired) electrons. The van der Waals surface area contributed by atoms with Crippen molar-refractivity contribution in [2.45, 2.75) is 39.3 Å². The molecule has 0 saturated heterocycles. The summed E-state index contributed by atoms with van der Waals surface area (Å²) < 4.78 is 10.3. The number of anilines is 1. The van der Waals surface area contributed by atoms with Crippen LogP contribution < -0.4 is 10.6 Å². The van der Waals surface area contributed by atoms with Gasteiger partial charge in [-0.25, -0.2) is 4.79 Å². The molecule has 0 aliphatic carbocycles. The number of hydrogen-bond donors (Lipinski definition) is 2. The lowest BCUT2D eigenvalue weighted by Gasteiger charge is -2.21. The van der Waals surface area contributed by atoms with E-state index in [0.29, 0.717) is 12.4 Å². The normalized spacial score (nSPS) is 12.5. The van der Waals surface area contributed by atoms with Gasteiger partial charge in [-0.1, -0.05) is 0 Å². The molecule has 1 aromatic carbocycles. The van der Waals surface area contributed by atoms with E-state index >= 15 is 0 Å². The Kier molecular flexibility index (Phi) is 5.20. The molecule has 2 aromatic rings. The molecule has 1 heterocycles. The van der Waals surface area contributed by atoms with E-state index in [9.17, 15) is 4.79 Å². The van der Waals surface area contributed by atoms with Crippen LogP contribution in [0.3, 0.4) is 0 Å². The highest BCUT2D eigenvalue weighted by Gasteiger charge is 2.16. The number of alkyl carbamates (subject to hydrolysis) is 1. The smallest absolute Gasteiger partial charge is 0.407 e. The van der Waals surface area contributed by atoms with Gasteiger partial charge in [0.25, 0.3) is 0 Å². The van der Waals surface area contributed by atoms with Crippen LogP contribution in [-0.2, 0) is 4.74 Å². The van der Waals surface area contributed by atoms with E-state index in [2.05, 4.69) is 20.8 Å². The minimum absolute atomic E-state index is 0.0526. The van der Waals surface area contributed by atoms with Crippen LogP contribution in [0, 0.1) is 0 Å². The van der Waals surface area contributed by atoms with Crippen LogP contribution in [-0.4, -0.2) is 34.5 Å². The van der Waals surface area contributed by atoms with E-state index in [1.165, 1.54) is 6.39 Å². The maximum atomic E-state index is 11.6. The Morgan fingerprint density at radius 2 is 2.00 bits per heavy atom. The third-order valence-electron chi connectivity index (χ3n) is 2.86. The number of aromatic nitrogens is 2. The summed E-state index contributed by atoms with van der Waals surface area (Å²) >= 11 is 0. The van der Waals surface area contributed by atoms with Crippen LogP contribution in [0.4, 0.5) is 10.5 Å². The number of carbonyl (C=O) groups is 1. The molecule has 0 bridgehead atoms. The predicted molar refractivity (Wildman–Crippen MR) is 87.1 cm³/mol. The van der Waals surface area contributed by atoms with E-state index in [1.807, 2.05) is 52.0 Å². The van der Waals surface area contributed by atoms with Gasteiger partial charge in [-0.05, 0) is 52.0 Å². The van der Waals surface area contributed by atoms with E-state index in [1.54, 1.807) is 0 Å². The summed E-state index contributed by atoms with van der Waals surface area (Å²) in [4.78, 5) is 11.6. The lowest BCUT2D eigenvalue weighted by Crippen LogP contribution is -2.38. The molecule has 0 fully saturated rings. The van der Waals surface area contributed by atoms with Gasteiger partial charge >= 0.3 is 6.09 Å². The van der Waals surface area contributed by atoms with Crippen molar-refractivity contribution in [3.63, 3.8) is 0 Å². The molecular formula is C16H22N4O3. The quantitative estimate of drug-likeness (QED) is 0.880. The van der Waals surface area contributed by atoms with E-state index in [4.69, 9.17) is 9.15 Å². The largest absolute Gasteiger partial charge is 0.444 e. The summed E-state index contributed by atoms with van der Waals surface area (Å²) in [6.07, 6.45) is 0.879. The van der Waals surface area contributed by atoms with Crippen molar-refractivity contribution < 1.29 is 13.9 Å². The van der Waals surface area contributed by atoms with Crippen LogP contribution in [0.5, 0.6) is 0 Å². The Hall–Kier alpha value is -2.57. The molecule has 7 nitrogen and oxygen atoms in total. The first kappa shape index (κ1) is 16.8. The molecule has 23 heavy (non-hydrogen) atoms. The average Bonchev–Trinajstić information content (AvgIpc) is 2.98. The number of rotatable bonds is 5. The summed E-state index contributed by atoms with van der Waals surface area (Å²) in [5, 5.41) is 13.5. The first-order chi connectivity index (χ1) is 10.8. The summed E-state index contributed by atoms with van der Waals surface area (Å²) in [5.74, 6) is 0.483. The highest BCUT2D eigenvalue weighted by molar-refractivity contribution is 5.67. The zero-order chi connectivity index (χ0) is 16.9. The third-order valence-corrected chi connectivity index (χ3v) is 2.86. The van der Waals surface area contributed by atoms with Gasteiger partial charge in [-0.2, -0.15) is 0 Å². The molecule has 0 saturated carbocycles. The zero-order valence-electron chi connectivity index (χ0n) is 13.8. The van der Waals surface area contributed by atoms with Crippen LogP contribution in [0.25, 0.3) is 11.5 Å². The van der Waals surface area contributed by atoms with E-state index in [0.717, 1.165) is 11.3 Å². The minimum Gasteiger partial charge on any atom is -0.444 e. The first-order valence-electron chi connectivity index (χ1n) is 7.43. The molecule has 1 amide bonds. The molecule has 1 unspecified atom stereocenters.